The molecule has 5 rings (SSSR count). The van der Waals surface area contributed by atoms with Gasteiger partial charge < -0.3 is 15.0 Å². The molecule has 0 bridgehead atoms. The van der Waals surface area contributed by atoms with Gasteiger partial charge in [0.2, 0.25) is 16.9 Å². The molecule has 2 aliphatic heterocycles. The summed E-state index contributed by atoms with van der Waals surface area (Å²) in [5, 5.41) is 15.3. The quantitative estimate of drug-likeness (QED) is 0.212. The van der Waals surface area contributed by atoms with Crippen molar-refractivity contribution in [2.75, 3.05) is 36.5 Å². The van der Waals surface area contributed by atoms with E-state index in [1.165, 1.54) is 24.3 Å². The summed E-state index contributed by atoms with van der Waals surface area (Å²) in [4.78, 5) is 24.4. The average molecular weight is 573 g/mol. The van der Waals surface area contributed by atoms with Crippen molar-refractivity contribution in [2.24, 2.45) is 0 Å². The van der Waals surface area contributed by atoms with Gasteiger partial charge in [0.05, 0.1) is 17.1 Å². The number of halogens is 3. The third-order valence-corrected chi connectivity index (χ3v) is 7.72. The van der Waals surface area contributed by atoms with Crippen molar-refractivity contribution >= 4 is 28.9 Å². The largest absolute Gasteiger partial charge is 0.376 e. The highest BCUT2D eigenvalue weighted by Crippen LogP contribution is 2.39. The van der Waals surface area contributed by atoms with Crippen molar-refractivity contribution in [2.45, 2.75) is 50.9 Å². The fraction of sp³-hybridized carbons (Fsp3) is 0.429. The van der Waals surface area contributed by atoms with Crippen molar-refractivity contribution in [3.8, 4) is 0 Å². The predicted octanol–water partition coefficient (Wildman–Crippen LogP) is 5.60. The summed E-state index contributed by atoms with van der Waals surface area (Å²) >= 11 is 6.28. The lowest BCUT2D eigenvalue weighted by atomic mass is 9.93. The van der Waals surface area contributed by atoms with Gasteiger partial charge >= 0.3 is 5.69 Å². The van der Waals surface area contributed by atoms with E-state index in [1.54, 1.807) is 24.3 Å². The first-order valence-corrected chi connectivity index (χ1v) is 13.7. The maximum atomic E-state index is 13.8. The van der Waals surface area contributed by atoms with Gasteiger partial charge in [-0.3, -0.25) is 15.0 Å². The standard InChI is InChI=1S/C28H31ClF2N6O3/c1-17-16-36(27-25(37(38)39)26(33-28(29)34-27)32-14-23-4-3-13-40-23)18(2)15-35(17)24(19-5-9-21(30)10-6-19)20-7-11-22(31)12-8-20/h5-12,17-18,23-24H,3-4,13-16H2,1-2H3,(H,32,33,34)/t17-,18+,23?/m1/s1. The van der Waals surface area contributed by atoms with Crippen LogP contribution in [-0.2, 0) is 4.74 Å². The van der Waals surface area contributed by atoms with Gasteiger partial charge in [0.1, 0.15) is 11.6 Å². The van der Waals surface area contributed by atoms with Crippen molar-refractivity contribution < 1.29 is 18.4 Å². The maximum absolute atomic E-state index is 13.8. The molecule has 1 unspecified atom stereocenters. The minimum atomic E-state index is -0.479. The summed E-state index contributed by atoms with van der Waals surface area (Å²) < 4.78 is 33.2. The number of piperazine rings is 1. The topological polar surface area (TPSA) is 96.7 Å². The molecule has 1 aromatic heterocycles. The Bertz CT molecular complexity index is 1300. The van der Waals surface area contributed by atoms with Crippen LogP contribution in [0.3, 0.4) is 0 Å². The van der Waals surface area contributed by atoms with Crippen LogP contribution in [0.25, 0.3) is 0 Å². The molecule has 2 aromatic carbocycles. The van der Waals surface area contributed by atoms with Gasteiger partial charge in [-0.1, -0.05) is 24.3 Å². The number of nitrogens with zero attached hydrogens (tertiary/aromatic N) is 5. The molecule has 0 saturated carbocycles. The first-order chi connectivity index (χ1) is 19.2. The fourth-order valence-corrected chi connectivity index (χ4v) is 5.76. The summed E-state index contributed by atoms with van der Waals surface area (Å²) in [6.07, 6.45) is 1.77. The highest BCUT2D eigenvalue weighted by atomic mass is 35.5. The van der Waals surface area contributed by atoms with E-state index in [1.807, 2.05) is 18.7 Å². The molecule has 0 amide bonds. The molecule has 3 atom stereocenters. The zero-order valence-corrected chi connectivity index (χ0v) is 23.0. The number of hydrogen-bond acceptors (Lipinski definition) is 8. The monoisotopic (exact) mass is 572 g/mol. The molecule has 40 heavy (non-hydrogen) atoms. The normalized spacial score (nSPS) is 21.6. The van der Waals surface area contributed by atoms with E-state index in [0.717, 1.165) is 24.0 Å². The lowest BCUT2D eigenvalue weighted by Gasteiger charge is -2.47. The molecule has 212 valence electrons. The first-order valence-electron chi connectivity index (χ1n) is 13.3. The van der Waals surface area contributed by atoms with Crippen LogP contribution in [0.1, 0.15) is 43.9 Å². The Kier molecular flexibility index (Phi) is 8.43. The van der Waals surface area contributed by atoms with E-state index in [4.69, 9.17) is 16.3 Å². The van der Waals surface area contributed by atoms with Crippen molar-refractivity contribution in [1.29, 1.82) is 0 Å². The summed E-state index contributed by atoms with van der Waals surface area (Å²) in [6.45, 7) is 5.93. The third-order valence-electron chi connectivity index (χ3n) is 7.55. The highest BCUT2D eigenvalue weighted by molar-refractivity contribution is 6.28. The van der Waals surface area contributed by atoms with Crippen molar-refractivity contribution in [3.63, 3.8) is 0 Å². The Morgan fingerprint density at radius 2 is 1.68 bits per heavy atom. The Morgan fingerprint density at radius 3 is 2.23 bits per heavy atom. The van der Waals surface area contributed by atoms with Crippen LogP contribution in [0, 0.1) is 21.7 Å². The van der Waals surface area contributed by atoms with Gasteiger partial charge in [0.15, 0.2) is 0 Å². The second-order valence-electron chi connectivity index (χ2n) is 10.3. The fourth-order valence-electron chi connectivity index (χ4n) is 5.60. The molecule has 2 aliphatic rings. The number of benzene rings is 2. The summed E-state index contributed by atoms with van der Waals surface area (Å²) in [6, 6.07) is 11.9. The molecular formula is C28H31ClF2N6O3. The lowest BCUT2D eigenvalue weighted by molar-refractivity contribution is -0.383. The van der Waals surface area contributed by atoms with E-state index >= 15 is 0 Å². The number of rotatable bonds is 8. The molecule has 12 heteroatoms. The van der Waals surface area contributed by atoms with Crippen LogP contribution < -0.4 is 10.2 Å². The lowest BCUT2D eigenvalue weighted by Crippen LogP contribution is -2.57. The Morgan fingerprint density at radius 1 is 1.05 bits per heavy atom. The van der Waals surface area contributed by atoms with Crippen LogP contribution >= 0.6 is 11.6 Å². The summed E-state index contributed by atoms with van der Waals surface area (Å²) in [5.41, 5.74) is 1.48. The van der Waals surface area contributed by atoms with Gasteiger partial charge in [0.25, 0.3) is 0 Å². The zero-order chi connectivity index (χ0) is 28.4. The zero-order valence-electron chi connectivity index (χ0n) is 22.3. The maximum Gasteiger partial charge on any atom is 0.353 e. The average Bonchev–Trinajstić information content (AvgIpc) is 3.44. The Balaban J connectivity index is 1.46. The van der Waals surface area contributed by atoms with Crippen LogP contribution in [0.4, 0.5) is 26.1 Å². The number of nitro groups is 1. The Hall–Kier alpha value is -3.41. The smallest absolute Gasteiger partial charge is 0.353 e. The predicted molar refractivity (Wildman–Crippen MR) is 149 cm³/mol. The van der Waals surface area contributed by atoms with E-state index in [2.05, 4.69) is 20.2 Å². The van der Waals surface area contributed by atoms with Gasteiger partial charge in [-0.05, 0) is 73.7 Å². The van der Waals surface area contributed by atoms with Gasteiger partial charge in [-0.2, -0.15) is 9.97 Å². The van der Waals surface area contributed by atoms with E-state index in [-0.39, 0.29) is 58.5 Å². The van der Waals surface area contributed by atoms with Crippen LogP contribution in [0.15, 0.2) is 48.5 Å². The van der Waals surface area contributed by atoms with E-state index < -0.39 is 4.92 Å². The second kappa shape index (κ2) is 12.0. The van der Waals surface area contributed by atoms with Crippen LogP contribution in [0.5, 0.6) is 0 Å². The molecule has 9 nitrogen and oxygen atoms in total. The molecule has 3 aromatic rings. The molecular weight excluding hydrogens is 542 g/mol. The molecule has 0 radical (unpaired) electrons. The molecule has 0 spiro atoms. The number of aromatic nitrogens is 2. The molecule has 2 saturated heterocycles. The molecule has 2 fully saturated rings. The van der Waals surface area contributed by atoms with Crippen molar-refractivity contribution in [1.82, 2.24) is 14.9 Å². The minimum Gasteiger partial charge on any atom is -0.376 e. The van der Waals surface area contributed by atoms with Crippen LogP contribution in [-0.4, -0.2) is 64.2 Å². The number of nitrogens with one attached hydrogen (secondary N) is 1. The highest BCUT2D eigenvalue weighted by Gasteiger charge is 2.39. The molecule has 0 aliphatic carbocycles. The number of ether oxygens (including phenoxy) is 1. The summed E-state index contributed by atoms with van der Waals surface area (Å²) in [5.74, 6) is -0.471. The second-order valence-corrected chi connectivity index (χ2v) is 10.7. The van der Waals surface area contributed by atoms with Gasteiger partial charge in [-0.25, -0.2) is 8.78 Å². The van der Waals surface area contributed by atoms with Crippen molar-refractivity contribution in [3.05, 3.63) is 86.7 Å². The van der Waals surface area contributed by atoms with Gasteiger partial charge in [0, 0.05) is 38.3 Å². The first kappa shape index (κ1) is 28.1. The molecule has 3 heterocycles. The molecule has 1 N–H and O–H groups in total. The number of hydrogen-bond donors (Lipinski definition) is 1. The van der Waals surface area contributed by atoms with Crippen LogP contribution in [0.2, 0.25) is 5.28 Å². The summed E-state index contributed by atoms with van der Waals surface area (Å²) in [7, 11) is 0. The van der Waals surface area contributed by atoms with Gasteiger partial charge in [-0.15, -0.1) is 0 Å². The SMILES string of the molecule is C[C@@H]1CN(c2nc(Cl)nc(NCC3CCCO3)c2[N+](=O)[O-])[C@@H](C)CN1C(c1ccc(F)cc1)c1ccc(F)cc1. The van der Waals surface area contributed by atoms with E-state index in [0.29, 0.717) is 26.2 Å². The number of anilines is 2. The van der Waals surface area contributed by atoms with E-state index in [9.17, 15) is 18.9 Å². The minimum absolute atomic E-state index is 0.0471. The third kappa shape index (κ3) is 6.01. The Labute approximate surface area is 236 Å².